The van der Waals surface area contributed by atoms with E-state index in [-0.39, 0.29) is 23.4 Å². The van der Waals surface area contributed by atoms with Crippen LogP contribution in [-0.4, -0.2) is 63.7 Å². The minimum Gasteiger partial charge on any atom is -0.744 e. The van der Waals surface area contributed by atoms with E-state index in [2.05, 4.69) is 0 Å². The predicted octanol–water partition coefficient (Wildman–Crippen LogP) is 6.67. The zero-order valence-electron chi connectivity index (χ0n) is 30.9. The molecule has 296 valence electrons. The van der Waals surface area contributed by atoms with Crippen LogP contribution in [0.3, 0.4) is 0 Å². The molecule has 0 unspecified atom stereocenters. The van der Waals surface area contributed by atoms with Gasteiger partial charge in [-0.1, -0.05) is 38.5 Å². The molecule has 0 saturated heterocycles. The quantitative estimate of drug-likeness (QED) is 0.0408. The molecule has 0 saturated carbocycles. The van der Waals surface area contributed by atoms with E-state index in [0.29, 0.717) is 48.3 Å². The summed E-state index contributed by atoms with van der Waals surface area (Å²) >= 11 is 0. The fraction of sp³-hybridized carbons (Fsp3) is 0.316. The van der Waals surface area contributed by atoms with Crippen molar-refractivity contribution in [2.45, 2.75) is 80.5 Å². The molecule has 0 aromatic heterocycles. The van der Waals surface area contributed by atoms with E-state index in [1.165, 1.54) is 36.4 Å². The fourth-order valence-corrected chi connectivity index (χ4v) is 8.26. The van der Waals surface area contributed by atoms with Gasteiger partial charge in [-0.05, 0) is 68.7 Å². The van der Waals surface area contributed by atoms with Gasteiger partial charge in [-0.25, -0.2) is 8.42 Å². The summed E-state index contributed by atoms with van der Waals surface area (Å²) in [6.07, 6.45) is 10.7. The molecular weight excluding hydrogens is 769 g/mol. The zero-order chi connectivity index (χ0) is 41.4. The molecule has 0 aliphatic carbocycles. The highest BCUT2D eigenvalue weighted by Gasteiger charge is 2.45. The van der Waals surface area contributed by atoms with Crippen molar-refractivity contribution in [3.63, 3.8) is 0 Å². The standard InChI is InChI=1S/C38H40N4O12S2/c1-37(2)30-22-28(55(49,50)51)14-16-32(30)39(18-10-6-9-13-36(43)44)34(37)11-7-5-8-12-35-38(3,4)31-23-29(56(52,53)54)15-17-33(31)40(35)24-25-19-26(41(45)46)21-27(20-25)42(47)48/h5,7-8,11-12,14-17,19-23H,6,9-10,13,18,24H2,1-4H3,(H2-,43,44,49,50,51,52,53,54). The van der Waals surface area contributed by atoms with E-state index in [1.54, 1.807) is 34.9 Å². The van der Waals surface area contributed by atoms with Crippen LogP contribution in [0.4, 0.5) is 22.7 Å². The van der Waals surface area contributed by atoms with Gasteiger partial charge >= 0.3 is 5.97 Å². The van der Waals surface area contributed by atoms with E-state index >= 15 is 0 Å². The van der Waals surface area contributed by atoms with Gasteiger partial charge in [-0.15, -0.1) is 0 Å². The van der Waals surface area contributed by atoms with Crippen molar-refractivity contribution in [1.29, 1.82) is 0 Å². The number of hydrogen-bond donors (Lipinski definition) is 2. The molecule has 2 N–H and O–H groups in total. The van der Waals surface area contributed by atoms with E-state index in [9.17, 15) is 51.0 Å². The van der Waals surface area contributed by atoms with Crippen molar-refractivity contribution in [2.75, 3.05) is 11.4 Å². The van der Waals surface area contributed by atoms with Crippen molar-refractivity contribution >= 4 is 54.7 Å². The van der Waals surface area contributed by atoms with Crippen LogP contribution in [0.1, 0.15) is 70.1 Å². The van der Waals surface area contributed by atoms with Gasteiger partial charge < -0.3 is 14.6 Å². The Morgan fingerprint density at radius 3 is 2.04 bits per heavy atom. The van der Waals surface area contributed by atoms with E-state index in [0.717, 1.165) is 23.5 Å². The number of carbonyl (C=O) groups is 1. The lowest BCUT2D eigenvalue weighted by atomic mass is 9.81. The summed E-state index contributed by atoms with van der Waals surface area (Å²) in [5.74, 6) is -0.881. The maximum Gasteiger partial charge on any atom is 0.303 e. The van der Waals surface area contributed by atoms with Gasteiger partial charge in [0.2, 0.25) is 5.69 Å². The summed E-state index contributed by atoms with van der Waals surface area (Å²) in [4.78, 5) is 34.2. The molecule has 2 aliphatic rings. The average molecular weight is 809 g/mol. The second-order valence-electron chi connectivity index (χ2n) is 14.5. The maximum atomic E-state index is 12.0. The number of nitrogens with zero attached hydrogens (tertiary/aromatic N) is 4. The van der Waals surface area contributed by atoms with Crippen molar-refractivity contribution in [3.05, 3.63) is 128 Å². The van der Waals surface area contributed by atoms with Gasteiger partial charge in [-0.2, -0.15) is 13.0 Å². The van der Waals surface area contributed by atoms with Crippen LogP contribution >= 0.6 is 0 Å². The molecular formula is C38H40N4O12S2. The predicted molar refractivity (Wildman–Crippen MR) is 205 cm³/mol. The highest BCUT2D eigenvalue weighted by atomic mass is 32.2. The summed E-state index contributed by atoms with van der Waals surface area (Å²) < 4.78 is 71.4. The molecule has 5 rings (SSSR count). The van der Waals surface area contributed by atoms with Crippen molar-refractivity contribution in [2.24, 2.45) is 0 Å². The summed E-state index contributed by atoms with van der Waals surface area (Å²) in [7, 11) is -9.30. The van der Waals surface area contributed by atoms with Gasteiger partial charge in [0.05, 0.1) is 31.1 Å². The van der Waals surface area contributed by atoms with Crippen LogP contribution in [0, 0.1) is 20.2 Å². The van der Waals surface area contributed by atoms with Crippen LogP contribution in [0.15, 0.2) is 100 Å². The Balaban J connectivity index is 1.54. The lowest BCUT2D eigenvalue weighted by molar-refractivity contribution is -0.455. The van der Waals surface area contributed by atoms with E-state index < -0.39 is 63.2 Å². The Morgan fingerprint density at radius 2 is 1.45 bits per heavy atom. The van der Waals surface area contributed by atoms with Gasteiger partial charge in [-0.3, -0.25) is 29.6 Å². The number of non-ortho nitro benzene ring substituents is 2. The maximum absolute atomic E-state index is 12.0. The Hall–Kier alpha value is -5.56. The SMILES string of the molecule is CC1(C)C(/C=C/C=C/C=C2\N(CCCCCC(=O)O)c3ccc(S(=O)(=O)O)cc3C2(C)C)=[N+](Cc2cc([N+](=O)[O-])cc([N+](=O)[O-])c2)c2ccc(S(=O)(=O)[O-])cc21. The lowest BCUT2D eigenvalue weighted by Gasteiger charge is -2.27. The topological polar surface area (TPSA) is 241 Å². The highest BCUT2D eigenvalue weighted by Crippen LogP contribution is 2.49. The lowest BCUT2D eigenvalue weighted by Crippen LogP contribution is -2.27. The third-order valence-electron chi connectivity index (χ3n) is 10.0. The van der Waals surface area contributed by atoms with Crippen LogP contribution in [-0.2, 0) is 42.4 Å². The summed E-state index contributed by atoms with van der Waals surface area (Å²) in [6, 6.07) is 11.6. The number of nitro benzene ring substituents is 2. The molecule has 18 heteroatoms. The molecule has 56 heavy (non-hydrogen) atoms. The summed E-state index contributed by atoms with van der Waals surface area (Å²) in [6.45, 7) is 7.88. The molecule has 0 bridgehead atoms. The van der Waals surface area contributed by atoms with Gasteiger partial charge in [0.25, 0.3) is 21.5 Å². The number of rotatable bonds is 15. The van der Waals surface area contributed by atoms with E-state index in [1.807, 2.05) is 38.7 Å². The van der Waals surface area contributed by atoms with Crippen molar-refractivity contribution in [1.82, 2.24) is 0 Å². The molecule has 0 fully saturated rings. The second kappa shape index (κ2) is 15.5. The Bertz CT molecular complexity index is 2450. The number of fused-ring (bicyclic) bond motifs is 2. The van der Waals surface area contributed by atoms with Crippen LogP contribution in [0.25, 0.3) is 0 Å². The summed E-state index contributed by atoms with van der Waals surface area (Å²) in [5, 5.41) is 32.3. The molecule has 2 aliphatic heterocycles. The minimum atomic E-state index is -4.82. The average Bonchev–Trinajstić information content (AvgIpc) is 3.44. The molecule has 2 heterocycles. The molecule has 3 aromatic carbocycles. The van der Waals surface area contributed by atoms with Crippen LogP contribution in [0.5, 0.6) is 0 Å². The first-order valence-electron chi connectivity index (χ1n) is 17.4. The summed E-state index contributed by atoms with van der Waals surface area (Å²) in [5.41, 5.74) is 1.45. The van der Waals surface area contributed by atoms with E-state index in [4.69, 9.17) is 5.11 Å². The molecule has 16 nitrogen and oxygen atoms in total. The molecule has 0 amide bonds. The number of nitro groups is 2. The Labute approximate surface area is 323 Å². The first-order chi connectivity index (χ1) is 26.0. The van der Waals surface area contributed by atoms with Gasteiger partial charge in [0.1, 0.15) is 10.1 Å². The van der Waals surface area contributed by atoms with Crippen LogP contribution in [0.2, 0.25) is 0 Å². The number of hydrogen-bond acceptors (Lipinski definition) is 11. The normalized spacial score (nSPS) is 16.9. The first kappa shape index (κ1) is 41.6. The first-order valence-corrected chi connectivity index (χ1v) is 20.2. The third kappa shape index (κ3) is 8.62. The largest absolute Gasteiger partial charge is 0.744 e. The monoisotopic (exact) mass is 808 g/mol. The Kier molecular flexibility index (Phi) is 11.5. The zero-order valence-corrected chi connectivity index (χ0v) is 32.5. The molecule has 0 spiro atoms. The van der Waals surface area contributed by atoms with Gasteiger partial charge in [0, 0.05) is 65.2 Å². The number of carboxylic acids is 1. The number of carboxylic acid groups (broad SMARTS) is 1. The molecule has 3 aromatic rings. The fourth-order valence-electron chi connectivity index (χ4n) is 7.26. The number of unbranched alkanes of at least 4 members (excludes halogenated alkanes) is 2. The third-order valence-corrected chi connectivity index (χ3v) is 11.7. The number of aliphatic carboxylic acids is 1. The van der Waals surface area contributed by atoms with Crippen molar-refractivity contribution in [3.8, 4) is 0 Å². The molecule has 0 radical (unpaired) electrons. The number of anilines is 1. The van der Waals surface area contributed by atoms with Crippen molar-refractivity contribution < 1.29 is 50.3 Å². The second-order valence-corrected chi connectivity index (χ2v) is 17.3. The molecule has 0 atom stereocenters. The minimum absolute atomic E-state index is 0.0417. The van der Waals surface area contributed by atoms with Crippen LogP contribution < -0.4 is 4.90 Å². The van der Waals surface area contributed by atoms with Gasteiger partial charge in [0.15, 0.2) is 12.3 Å². The smallest absolute Gasteiger partial charge is 0.303 e. The number of benzene rings is 3. The Morgan fingerprint density at radius 1 is 0.821 bits per heavy atom. The highest BCUT2D eigenvalue weighted by molar-refractivity contribution is 7.86. The number of allylic oxidation sites excluding steroid dienone is 6.